The number of nitrogens with zero attached hydrogens (tertiary/aromatic N) is 4. The van der Waals surface area contributed by atoms with Crippen molar-refractivity contribution in [2.45, 2.75) is 19.0 Å². The average Bonchev–Trinajstić information content (AvgIpc) is 3.19. The summed E-state index contributed by atoms with van der Waals surface area (Å²) < 4.78 is 4.97. The van der Waals surface area contributed by atoms with Crippen LogP contribution in [-0.2, 0) is 6.54 Å². The van der Waals surface area contributed by atoms with Gasteiger partial charge in [0.05, 0.1) is 18.4 Å². The number of hydrogen-bond acceptors (Lipinski definition) is 5. The van der Waals surface area contributed by atoms with Gasteiger partial charge in [-0.1, -0.05) is 0 Å². The average molecular weight is 286 g/mol. The Hall–Kier alpha value is -2.21. The van der Waals surface area contributed by atoms with Crippen molar-refractivity contribution in [2.75, 3.05) is 20.1 Å². The van der Waals surface area contributed by atoms with Crippen LogP contribution in [0.3, 0.4) is 0 Å². The highest BCUT2D eigenvalue weighted by molar-refractivity contribution is 5.94. The third kappa shape index (κ3) is 3.11. The SMILES string of the molecule is CN(Cc1ncccn1)[C@H]1CCN(C(=O)c2ccoc2)C1. The van der Waals surface area contributed by atoms with Crippen LogP contribution >= 0.6 is 0 Å². The molecule has 21 heavy (non-hydrogen) atoms. The van der Waals surface area contributed by atoms with Gasteiger partial charge in [-0.15, -0.1) is 0 Å². The van der Waals surface area contributed by atoms with Crippen LogP contribution in [0.4, 0.5) is 0 Å². The molecule has 1 aliphatic heterocycles. The minimum atomic E-state index is 0.0376. The van der Waals surface area contributed by atoms with E-state index in [1.165, 1.54) is 12.5 Å². The number of rotatable bonds is 4. The molecule has 0 aliphatic carbocycles. The van der Waals surface area contributed by atoms with E-state index >= 15 is 0 Å². The first-order valence-corrected chi connectivity index (χ1v) is 7.01. The van der Waals surface area contributed by atoms with Crippen molar-refractivity contribution in [1.82, 2.24) is 19.8 Å². The predicted molar refractivity (Wildman–Crippen MR) is 76.5 cm³/mol. The molecular weight excluding hydrogens is 268 g/mol. The quantitative estimate of drug-likeness (QED) is 0.850. The zero-order valence-electron chi connectivity index (χ0n) is 12.0. The van der Waals surface area contributed by atoms with E-state index in [4.69, 9.17) is 4.42 Å². The number of likely N-dealkylation sites (tertiary alicyclic amines) is 1. The van der Waals surface area contributed by atoms with E-state index in [0.29, 0.717) is 18.2 Å². The zero-order chi connectivity index (χ0) is 14.7. The number of amides is 1. The van der Waals surface area contributed by atoms with Crippen LogP contribution in [0.25, 0.3) is 0 Å². The van der Waals surface area contributed by atoms with Crippen LogP contribution in [-0.4, -0.2) is 51.9 Å². The molecule has 0 aromatic carbocycles. The number of hydrogen-bond donors (Lipinski definition) is 0. The minimum absolute atomic E-state index is 0.0376. The molecule has 1 amide bonds. The highest BCUT2D eigenvalue weighted by Crippen LogP contribution is 2.18. The number of aromatic nitrogens is 2. The Labute approximate surface area is 123 Å². The first kappa shape index (κ1) is 13.8. The standard InChI is InChI=1S/C15H18N4O2/c1-18(10-14-16-5-2-6-17-14)13-3-7-19(9-13)15(20)12-4-8-21-11-12/h2,4-6,8,11,13H,3,7,9-10H2,1H3/t13-/m0/s1. The maximum Gasteiger partial charge on any atom is 0.257 e. The predicted octanol–water partition coefficient (Wildman–Crippen LogP) is 1.42. The molecule has 3 rings (SSSR count). The second kappa shape index (κ2) is 6.05. The molecule has 1 fully saturated rings. The summed E-state index contributed by atoms with van der Waals surface area (Å²) in [6, 6.07) is 3.85. The molecule has 2 aromatic rings. The van der Waals surface area contributed by atoms with Gasteiger partial charge in [0.25, 0.3) is 5.91 Å². The van der Waals surface area contributed by atoms with Gasteiger partial charge in [-0.05, 0) is 25.6 Å². The summed E-state index contributed by atoms with van der Waals surface area (Å²) in [5.41, 5.74) is 0.615. The summed E-state index contributed by atoms with van der Waals surface area (Å²) in [6.07, 6.45) is 7.49. The number of furan rings is 1. The molecule has 110 valence electrons. The van der Waals surface area contributed by atoms with Gasteiger partial charge in [-0.2, -0.15) is 0 Å². The lowest BCUT2D eigenvalue weighted by atomic mass is 10.2. The van der Waals surface area contributed by atoms with Gasteiger partial charge >= 0.3 is 0 Å². The fraction of sp³-hybridized carbons (Fsp3) is 0.400. The molecule has 3 heterocycles. The molecule has 1 saturated heterocycles. The van der Waals surface area contributed by atoms with Crippen molar-refractivity contribution in [3.8, 4) is 0 Å². The summed E-state index contributed by atoms with van der Waals surface area (Å²) >= 11 is 0. The maximum absolute atomic E-state index is 12.3. The molecule has 0 unspecified atom stereocenters. The molecule has 0 radical (unpaired) electrons. The van der Waals surface area contributed by atoms with Gasteiger partial charge < -0.3 is 9.32 Å². The van der Waals surface area contributed by atoms with Gasteiger partial charge in [-0.25, -0.2) is 9.97 Å². The van der Waals surface area contributed by atoms with Crippen LogP contribution in [0.2, 0.25) is 0 Å². The van der Waals surface area contributed by atoms with Crippen molar-refractivity contribution >= 4 is 5.91 Å². The van der Waals surface area contributed by atoms with E-state index in [1.807, 2.05) is 18.0 Å². The Morgan fingerprint density at radius 2 is 2.29 bits per heavy atom. The van der Waals surface area contributed by atoms with E-state index in [2.05, 4.69) is 14.9 Å². The second-order valence-corrected chi connectivity index (χ2v) is 5.29. The van der Waals surface area contributed by atoms with E-state index in [1.54, 1.807) is 18.5 Å². The van der Waals surface area contributed by atoms with E-state index in [-0.39, 0.29) is 5.91 Å². The Bertz CT molecular complexity index is 585. The molecule has 2 aromatic heterocycles. The lowest BCUT2D eigenvalue weighted by Crippen LogP contribution is -2.36. The summed E-state index contributed by atoms with van der Waals surface area (Å²) in [6.45, 7) is 2.20. The largest absolute Gasteiger partial charge is 0.472 e. The molecule has 0 N–H and O–H groups in total. The first-order valence-electron chi connectivity index (χ1n) is 7.01. The van der Waals surface area contributed by atoms with Crippen LogP contribution in [0.1, 0.15) is 22.6 Å². The van der Waals surface area contributed by atoms with Crippen molar-refractivity contribution < 1.29 is 9.21 Å². The summed E-state index contributed by atoms with van der Waals surface area (Å²) in [5, 5.41) is 0. The smallest absolute Gasteiger partial charge is 0.257 e. The fourth-order valence-electron chi connectivity index (χ4n) is 2.62. The normalized spacial score (nSPS) is 18.4. The highest BCUT2D eigenvalue weighted by atomic mass is 16.3. The molecule has 1 aliphatic rings. The van der Waals surface area contributed by atoms with E-state index < -0.39 is 0 Å². The monoisotopic (exact) mass is 286 g/mol. The Kier molecular flexibility index (Phi) is 3.96. The van der Waals surface area contributed by atoms with Gasteiger partial charge in [0, 0.05) is 31.5 Å². The zero-order valence-corrected chi connectivity index (χ0v) is 12.0. The topological polar surface area (TPSA) is 62.5 Å². The van der Waals surface area contributed by atoms with Gasteiger partial charge in [0.1, 0.15) is 12.1 Å². The van der Waals surface area contributed by atoms with E-state index in [0.717, 1.165) is 25.3 Å². The maximum atomic E-state index is 12.3. The molecule has 0 bridgehead atoms. The van der Waals surface area contributed by atoms with Crippen molar-refractivity contribution in [3.05, 3.63) is 48.4 Å². The molecule has 0 saturated carbocycles. The highest BCUT2D eigenvalue weighted by Gasteiger charge is 2.29. The van der Waals surface area contributed by atoms with Gasteiger partial charge in [0.15, 0.2) is 0 Å². The van der Waals surface area contributed by atoms with Crippen molar-refractivity contribution in [1.29, 1.82) is 0 Å². The van der Waals surface area contributed by atoms with Gasteiger partial charge in [-0.3, -0.25) is 9.69 Å². The minimum Gasteiger partial charge on any atom is -0.472 e. The summed E-state index contributed by atoms with van der Waals surface area (Å²) in [5.74, 6) is 0.843. The van der Waals surface area contributed by atoms with Gasteiger partial charge in [0.2, 0.25) is 0 Å². The summed E-state index contributed by atoms with van der Waals surface area (Å²) in [7, 11) is 2.05. The van der Waals surface area contributed by atoms with Crippen LogP contribution in [0, 0.1) is 0 Å². The van der Waals surface area contributed by atoms with Crippen LogP contribution < -0.4 is 0 Å². The fourth-order valence-corrected chi connectivity index (χ4v) is 2.62. The molecule has 1 atom stereocenters. The number of carbonyl (C=O) groups is 1. The van der Waals surface area contributed by atoms with Crippen LogP contribution in [0.5, 0.6) is 0 Å². The molecule has 0 spiro atoms. The number of carbonyl (C=O) groups excluding carboxylic acids is 1. The van der Waals surface area contributed by atoms with Crippen molar-refractivity contribution in [2.24, 2.45) is 0 Å². The second-order valence-electron chi connectivity index (χ2n) is 5.29. The molecule has 6 nitrogen and oxygen atoms in total. The Morgan fingerprint density at radius 1 is 1.48 bits per heavy atom. The first-order chi connectivity index (χ1) is 10.2. The summed E-state index contributed by atoms with van der Waals surface area (Å²) in [4.78, 5) is 24.8. The lowest BCUT2D eigenvalue weighted by Gasteiger charge is -2.23. The van der Waals surface area contributed by atoms with E-state index in [9.17, 15) is 4.79 Å². The molecular formula is C15H18N4O2. The Morgan fingerprint density at radius 3 is 3.00 bits per heavy atom. The van der Waals surface area contributed by atoms with Crippen molar-refractivity contribution in [3.63, 3.8) is 0 Å². The number of likely N-dealkylation sites (N-methyl/N-ethyl adjacent to an activating group) is 1. The van der Waals surface area contributed by atoms with Crippen LogP contribution in [0.15, 0.2) is 41.5 Å². The third-order valence-electron chi connectivity index (χ3n) is 3.85. The lowest BCUT2D eigenvalue weighted by molar-refractivity contribution is 0.0778. The molecule has 6 heteroatoms. The third-order valence-corrected chi connectivity index (χ3v) is 3.85. The Balaban J connectivity index is 1.58.